The van der Waals surface area contributed by atoms with E-state index < -0.39 is 0 Å². The summed E-state index contributed by atoms with van der Waals surface area (Å²) >= 11 is 0. The molecule has 0 bridgehead atoms. The first-order valence-electron chi connectivity index (χ1n) is 9.97. The molecule has 2 fully saturated rings. The van der Waals surface area contributed by atoms with Gasteiger partial charge in [-0.25, -0.2) is 0 Å². The Morgan fingerprint density at radius 2 is 1.72 bits per heavy atom. The normalized spacial score (nSPS) is 20.6. The molecule has 0 spiro atoms. The molecular formula is C22H30Cl2N4O. The fourth-order valence-electron chi connectivity index (χ4n) is 4.32. The van der Waals surface area contributed by atoms with Crippen LogP contribution in [0.1, 0.15) is 18.4 Å². The highest BCUT2D eigenvalue weighted by atomic mass is 35.5. The third-order valence-electron chi connectivity index (χ3n) is 5.92. The molecule has 0 saturated carbocycles. The molecule has 1 N–H and O–H groups in total. The Hall–Kier alpha value is -1.82. The Morgan fingerprint density at radius 1 is 1.03 bits per heavy atom. The maximum Gasteiger partial charge on any atom is 0.242 e. The number of aromatic nitrogens is 1. The van der Waals surface area contributed by atoms with Gasteiger partial charge in [0.2, 0.25) is 5.91 Å². The Labute approximate surface area is 185 Å². The molecule has 29 heavy (non-hydrogen) atoms. The average molecular weight is 437 g/mol. The first-order chi connectivity index (χ1) is 13.3. The smallest absolute Gasteiger partial charge is 0.242 e. The van der Waals surface area contributed by atoms with E-state index in [1.54, 1.807) is 6.20 Å². The maximum atomic E-state index is 13.1. The van der Waals surface area contributed by atoms with E-state index in [1.165, 1.54) is 0 Å². The van der Waals surface area contributed by atoms with Gasteiger partial charge in [-0.2, -0.15) is 0 Å². The van der Waals surface area contributed by atoms with Gasteiger partial charge in [0.25, 0.3) is 0 Å². The van der Waals surface area contributed by atoms with E-state index in [4.69, 9.17) is 0 Å². The highest BCUT2D eigenvalue weighted by Gasteiger charge is 2.31. The lowest BCUT2D eigenvalue weighted by atomic mass is 9.92. The number of carbonyl (C=O) groups is 1. The zero-order valence-corrected chi connectivity index (χ0v) is 18.2. The number of hydrogen-bond acceptors (Lipinski definition) is 4. The fraction of sp³-hybridized carbons (Fsp3) is 0.455. The molecule has 2 atom stereocenters. The molecule has 1 aromatic heterocycles. The SMILES string of the molecule is Cl.Cl.O=C(CN(Cc1cccnc1)c1ccccc1)N1CC[C@@H]2CNC[C@@H]2CC1. The molecule has 2 aliphatic heterocycles. The second kappa shape index (κ2) is 11.4. The van der Waals surface area contributed by atoms with E-state index in [1.807, 2.05) is 30.5 Å². The summed E-state index contributed by atoms with van der Waals surface area (Å²) in [6.45, 7) is 5.10. The number of likely N-dealkylation sites (tertiary alicyclic amines) is 1. The molecule has 0 unspecified atom stereocenters. The van der Waals surface area contributed by atoms with Crippen LogP contribution in [-0.4, -0.2) is 48.5 Å². The predicted molar refractivity (Wildman–Crippen MR) is 122 cm³/mol. The van der Waals surface area contributed by atoms with Gasteiger partial charge in [0.05, 0.1) is 6.54 Å². The van der Waals surface area contributed by atoms with Gasteiger partial charge < -0.3 is 15.1 Å². The number of pyridine rings is 1. The highest BCUT2D eigenvalue weighted by molar-refractivity contribution is 5.85. The number of para-hydroxylation sites is 1. The zero-order chi connectivity index (χ0) is 18.5. The molecule has 158 valence electrons. The molecule has 4 rings (SSSR count). The topological polar surface area (TPSA) is 48.5 Å². The van der Waals surface area contributed by atoms with Crippen molar-refractivity contribution in [2.45, 2.75) is 19.4 Å². The van der Waals surface area contributed by atoms with E-state index in [2.05, 4.69) is 38.3 Å². The minimum atomic E-state index is 0. The van der Waals surface area contributed by atoms with Gasteiger partial charge in [0.15, 0.2) is 0 Å². The maximum absolute atomic E-state index is 13.1. The predicted octanol–water partition coefficient (Wildman–Crippen LogP) is 3.39. The molecule has 7 heteroatoms. The fourth-order valence-corrected chi connectivity index (χ4v) is 4.32. The molecule has 3 heterocycles. The largest absolute Gasteiger partial charge is 0.358 e. The molecule has 0 radical (unpaired) electrons. The summed E-state index contributed by atoms with van der Waals surface area (Å²) in [5, 5.41) is 3.50. The minimum Gasteiger partial charge on any atom is -0.358 e. The van der Waals surface area contributed by atoms with E-state index in [0.29, 0.717) is 13.1 Å². The van der Waals surface area contributed by atoms with Gasteiger partial charge in [-0.3, -0.25) is 9.78 Å². The Bertz CT molecular complexity index is 733. The van der Waals surface area contributed by atoms with Crippen LogP contribution in [0.15, 0.2) is 54.9 Å². The van der Waals surface area contributed by atoms with E-state index in [9.17, 15) is 4.79 Å². The molecule has 5 nitrogen and oxygen atoms in total. The van der Waals surface area contributed by atoms with Crippen LogP contribution in [0.2, 0.25) is 0 Å². The molecule has 2 aromatic rings. The van der Waals surface area contributed by atoms with Gasteiger partial charge in [-0.15, -0.1) is 24.8 Å². The molecule has 2 aliphatic rings. The van der Waals surface area contributed by atoms with Crippen LogP contribution in [0.25, 0.3) is 0 Å². The second-order valence-corrected chi connectivity index (χ2v) is 7.69. The number of benzene rings is 1. The van der Waals surface area contributed by atoms with Crippen LogP contribution in [0.4, 0.5) is 5.69 Å². The van der Waals surface area contributed by atoms with Crippen molar-refractivity contribution in [1.29, 1.82) is 0 Å². The third kappa shape index (κ3) is 6.08. The Kier molecular flexibility index (Phi) is 9.21. The summed E-state index contributed by atoms with van der Waals surface area (Å²) in [7, 11) is 0. The van der Waals surface area contributed by atoms with Crippen LogP contribution in [-0.2, 0) is 11.3 Å². The number of nitrogens with one attached hydrogen (secondary N) is 1. The summed E-state index contributed by atoms with van der Waals surface area (Å²) in [6, 6.07) is 14.2. The first-order valence-corrected chi connectivity index (χ1v) is 9.97. The lowest BCUT2D eigenvalue weighted by Gasteiger charge is -2.28. The lowest BCUT2D eigenvalue weighted by molar-refractivity contribution is -0.129. The molecule has 1 amide bonds. The van der Waals surface area contributed by atoms with Crippen molar-refractivity contribution >= 4 is 36.4 Å². The van der Waals surface area contributed by atoms with E-state index >= 15 is 0 Å². The van der Waals surface area contributed by atoms with Crippen molar-refractivity contribution in [3.8, 4) is 0 Å². The van der Waals surface area contributed by atoms with Crippen LogP contribution in [0, 0.1) is 11.8 Å². The second-order valence-electron chi connectivity index (χ2n) is 7.69. The standard InChI is InChI=1S/C22H28N4O.2ClH/c27-22(25-11-8-19-14-24-15-20(19)9-12-25)17-26(21-6-2-1-3-7-21)16-18-5-4-10-23-13-18;;/h1-7,10,13,19-20,24H,8-9,11-12,14-17H2;2*1H/t19-,20+;;. The zero-order valence-electron chi connectivity index (χ0n) is 16.6. The summed E-state index contributed by atoms with van der Waals surface area (Å²) in [5.74, 6) is 1.71. The molecule has 1 aromatic carbocycles. The number of amides is 1. The highest BCUT2D eigenvalue weighted by Crippen LogP contribution is 2.27. The third-order valence-corrected chi connectivity index (χ3v) is 5.92. The monoisotopic (exact) mass is 436 g/mol. The van der Waals surface area contributed by atoms with Crippen molar-refractivity contribution in [3.05, 3.63) is 60.4 Å². The van der Waals surface area contributed by atoms with Gasteiger partial charge in [-0.1, -0.05) is 24.3 Å². The van der Waals surface area contributed by atoms with Crippen LogP contribution < -0.4 is 10.2 Å². The number of fused-ring (bicyclic) bond motifs is 1. The van der Waals surface area contributed by atoms with Crippen molar-refractivity contribution in [2.75, 3.05) is 37.6 Å². The molecule has 2 saturated heterocycles. The van der Waals surface area contributed by atoms with Crippen LogP contribution in [0.3, 0.4) is 0 Å². The summed E-state index contributed by atoms with van der Waals surface area (Å²) in [5.41, 5.74) is 2.19. The van der Waals surface area contributed by atoms with Crippen molar-refractivity contribution in [2.24, 2.45) is 11.8 Å². The quantitative estimate of drug-likeness (QED) is 0.779. The van der Waals surface area contributed by atoms with Gasteiger partial charge in [-0.05, 0) is 61.5 Å². The minimum absolute atomic E-state index is 0. The Morgan fingerprint density at radius 3 is 2.34 bits per heavy atom. The van der Waals surface area contributed by atoms with Crippen molar-refractivity contribution in [1.82, 2.24) is 15.2 Å². The number of anilines is 1. The number of halogens is 2. The van der Waals surface area contributed by atoms with Crippen LogP contribution in [0.5, 0.6) is 0 Å². The summed E-state index contributed by atoms with van der Waals surface area (Å²) in [6.07, 6.45) is 5.90. The van der Waals surface area contributed by atoms with E-state index in [0.717, 1.165) is 62.1 Å². The van der Waals surface area contributed by atoms with Gasteiger partial charge in [0, 0.05) is 37.7 Å². The van der Waals surface area contributed by atoms with E-state index in [-0.39, 0.29) is 30.7 Å². The van der Waals surface area contributed by atoms with Crippen LogP contribution >= 0.6 is 24.8 Å². The number of carbonyl (C=O) groups excluding carboxylic acids is 1. The molecule has 0 aliphatic carbocycles. The van der Waals surface area contributed by atoms with Crippen molar-refractivity contribution in [3.63, 3.8) is 0 Å². The number of hydrogen-bond donors (Lipinski definition) is 1. The number of rotatable bonds is 5. The van der Waals surface area contributed by atoms with Gasteiger partial charge in [0.1, 0.15) is 0 Å². The summed E-state index contributed by atoms with van der Waals surface area (Å²) in [4.78, 5) is 21.6. The van der Waals surface area contributed by atoms with Gasteiger partial charge >= 0.3 is 0 Å². The average Bonchev–Trinajstić information content (AvgIpc) is 3.07. The Balaban J connectivity index is 0.00000150. The lowest BCUT2D eigenvalue weighted by Crippen LogP contribution is -2.41. The molecular weight excluding hydrogens is 407 g/mol. The first kappa shape index (κ1) is 23.5. The number of nitrogens with zero attached hydrogens (tertiary/aromatic N) is 3. The van der Waals surface area contributed by atoms with Crippen molar-refractivity contribution < 1.29 is 4.79 Å². The summed E-state index contributed by atoms with van der Waals surface area (Å²) < 4.78 is 0.